The molecule has 1 aromatic rings. The second-order valence-electron chi connectivity index (χ2n) is 3.37. The highest BCUT2D eigenvalue weighted by Gasteiger charge is 1.98. The zero-order valence-corrected chi connectivity index (χ0v) is 8.22. The number of allylic oxidation sites excluding steroid dienone is 1. The van der Waals surface area contributed by atoms with E-state index in [0.717, 1.165) is 12.2 Å². The van der Waals surface area contributed by atoms with Crippen LogP contribution in [-0.2, 0) is 6.54 Å². The van der Waals surface area contributed by atoms with Gasteiger partial charge in [0, 0.05) is 12.2 Å². The van der Waals surface area contributed by atoms with Crippen LogP contribution in [0, 0.1) is 18.1 Å². The molecule has 0 unspecified atom stereocenters. The molecular formula is C12H15N. The molecular weight excluding hydrogens is 158 g/mol. The van der Waals surface area contributed by atoms with Crippen molar-refractivity contribution in [2.45, 2.75) is 20.4 Å². The van der Waals surface area contributed by atoms with Gasteiger partial charge >= 0.3 is 0 Å². The SMILES string of the molecule is C=C(NCc1cc#ccc1)C(C)C. The number of nitrogens with one attached hydrogen (secondary N) is 1. The van der Waals surface area contributed by atoms with Crippen LogP contribution in [-0.4, -0.2) is 0 Å². The zero-order chi connectivity index (χ0) is 9.68. The Labute approximate surface area is 80.5 Å². The average Bonchev–Trinajstić information content (AvgIpc) is 2.15. The van der Waals surface area contributed by atoms with E-state index in [-0.39, 0.29) is 0 Å². The summed E-state index contributed by atoms with van der Waals surface area (Å²) < 4.78 is 0. The van der Waals surface area contributed by atoms with Gasteiger partial charge in [-0.05, 0) is 29.7 Å². The molecule has 0 bridgehead atoms. The van der Waals surface area contributed by atoms with E-state index in [9.17, 15) is 0 Å². The summed E-state index contributed by atoms with van der Waals surface area (Å²) in [5, 5.41) is 3.27. The predicted octanol–water partition coefficient (Wildman–Crippen LogP) is 2.55. The van der Waals surface area contributed by atoms with Crippen LogP contribution in [0.1, 0.15) is 19.4 Å². The Bertz CT molecular complexity index is 262. The van der Waals surface area contributed by atoms with Gasteiger partial charge in [-0.1, -0.05) is 32.6 Å². The Hall–Kier alpha value is -1.42. The van der Waals surface area contributed by atoms with Crippen molar-refractivity contribution in [2.24, 2.45) is 5.92 Å². The van der Waals surface area contributed by atoms with E-state index in [2.05, 4.69) is 37.9 Å². The van der Waals surface area contributed by atoms with Crippen LogP contribution < -0.4 is 5.32 Å². The molecule has 0 fully saturated rings. The van der Waals surface area contributed by atoms with Gasteiger partial charge in [-0.2, -0.15) is 0 Å². The standard InChI is InChI=1S/C12H15N/c1-10(2)11(3)13-9-12-7-5-4-6-8-12/h5,7-8,10,13H,3,9H2,1-2H3. The molecule has 0 aliphatic heterocycles. The third kappa shape index (κ3) is 3.21. The van der Waals surface area contributed by atoms with Crippen molar-refractivity contribution in [1.82, 2.24) is 5.32 Å². The summed E-state index contributed by atoms with van der Waals surface area (Å²) >= 11 is 0. The van der Waals surface area contributed by atoms with Crippen molar-refractivity contribution >= 4 is 0 Å². The molecule has 0 aromatic heterocycles. The maximum atomic E-state index is 3.94. The molecule has 0 aliphatic carbocycles. The average molecular weight is 173 g/mol. The summed E-state index contributed by atoms with van der Waals surface area (Å²) in [6, 6.07) is 11.6. The molecule has 0 atom stereocenters. The third-order valence-electron chi connectivity index (χ3n) is 1.94. The maximum absolute atomic E-state index is 3.94. The van der Waals surface area contributed by atoms with Gasteiger partial charge in [0.15, 0.2) is 0 Å². The smallest absolute Gasteiger partial charge is 0.0404 e. The lowest BCUT2D eigenvalue weighted by Crippen LogP contribution is -2.15. The van der Waals surface area contributed by atoms with Crippen molar-refractivity contribution in [2.75, 3.05) is 0 Å². The highest BCUT2D eigenvalue weighted by atomic mass is 14.9. The van der Waals surface area contributed by atoms with Crippen LogP contribution in [0.4, 0.5) is 0 Å². The molecule has 0 radical (unpaired) electrons. The van der Waals surface area contributed by atoms with Crippen molar-refractivity contribution in [1.29, 1.82) is 0 Å². The summed E-state index contributed by atoms with van der Waals surface area (Å²) in [6.45, 7) is 9.01. The predicted molar refractivity (Wildman–Crippen MR) is 54.9 cm³/mol. The monoisotopic (exact) mass is 173 g/mol. The van der Waals surface area contributed by atoms with Gasteiger partial charge < -0.3 is 5.32 Å². The first kappa shape index (κ1) is 9.67. The Morgan fingerprint density at radius 2 is 2.31 bits per heavy atom. The van der Waals surface area contributed by atoms with Gasteiger partial charge in [0.05, 0.1) is 0 Å². The molecule has 0 amide bonds. The maximum Gasteiger partial charge on any atom is 0.0404 e. The van der Waals surface area contributed by atoms with E-state index in [1.165, 1.54) is 5.56 Å². The summed E-state index contributed by atoms with van der Waals surface area (Å²) in [6.07, 6.45) is 0. The molecule has 1 N–H and O–H groups in total. The minimum atomic E-state index is 0.485. The van der Waals surface area contributed by atoms with Crippen molar-refractivity contribution in [3.8, 4) is 0 Å². The lowest BCUT2D eigenvalue weighted by Gasteiger charge is -2.11. The van der Waals surface area contributed by atoms with E-state index < -0.39 is 0 Å². The van der Waals surface area contributed by atoms with Crippen molar-refractivity contribution in [3.05, 3.63) is 48.2 Å². The third-order valence-corrected chi connectivity index (χ3v) is 1.94. The van der Waals surface area contributed by atoms with E-state index in [0.29, 0.717) is 5.92 Å². The molecule has 0 heterocycles. The Kier molecular flexibility index (Phi) is 3.40. The van der Waals surface area contributed by atoms with Gasteiger partial charge in [0.1, 0.15) is 0 Å². The highest BCUT2D eigenvalue weighted by Crippen LogP contribution is 2.04. The minimum absolute atomic E-state index is 0.485. The fourth-order valence-electron chi connectivity index (χ4n) is 0.909. The normalized spacial score (nSPS) is 9.46. The molecule has 13 heavy (non-hydrogen) atoms. The Balaban J connectivity index is 2.40. The van der Waals surface area contributed by atoms with Crippen molar-refractivity contribution in [3.63, 3.8) is 0 Å². The van der Waals surface area contributed by atoms with Crippen LogP contribution in [0.25, 0.3) is 0 Å². The van der Waals surface area contributed by atoms with E-state index in [1.807, 2.05) is 18.2 Å². The zero-order valence-electron chi connectivity index (χ0n) is 8.22. The molecule has 1 nitrogen and oxygen atoms in total. The lowest BCUT2D eigenvalue weighted by molar-refractivity contribution is 0.656. The first-order valence-corrected chi connectivity index (χ1v) is 4.49. The van der Waals surface area contributed by atoms with Gasteiger partial charge in [-0.15, -0.1) is 0 Å². The molecule has 0 saturated heterocycles. The fraction of sp³-hybridized carbons (Fsp3) is 0.333. The van der Waals surface area contributed by atoms with Gasteiger partial charge in [0.25, 0.3) is 0 Å². The second kappa shape index (κ2) is 4.57. The summed E-state index contributed by atoms with van der Waals surface area (Å²) in [5.74, 6) is 0.485. The van der Waals surface area contributed by atoms with Crippen LogP contribution in [0.2, 0.25) is 0 Å². The first-order chi connectivity index (χ1) is 6.20. The fourth-order valence-corrected chi connectivity index (χ4v) is 0.909. The van der Waals surface area contributed by atoms with E-state index in [4.69, 9.17) is 0 Å². The molecule has 1 heteroatoms. The number of hydrogen-bond acceptors (Lipinski definition) is 1. The second-order valence-corrected chi connectivity index (χ2v) is 3.37. The van der Waals surface area contributed by atoms with Gasteiger partial charge in [-0.3, -0.25) is 0 Å². The topological polar surface area (TPSA) is 12.0 Å². The highest BCUT2D eigenvalue weighted by molar-refractivity contribution is 5.11. The minimum Gasteiger partial charge on any atom is -0.385 e. The van der Waals surface area contributed by atoms with Crippen LogP contribution in [0.5, 0.6) is 0 Å². The van der Waals surface area contributed by atoms with Crippen LogP contribution in [0.15, 0.2) is 30.5 Å². The molecule has 0 saturated carbocycles. The summed E-state index contributed by atoms with van der Waals surface area (Å²) in [5.41, 5.74) is 2.29. The number of rotatable bonds is 4. The molecule has 1 aromatic carbocycles. The summed E-state index contributed by atoms with van der Waals surface area (Å²) in [7, 11) is 0. The molecule has 0 spiro atoms. The Morgan fingerprint density at radius 1 is 1.54 bits per heavy atom. The van der Waals surface area contributed by atoms with Crippen molar-refractivity contribution < 1.29 is 0 Å². The lowest BCUT2D eigenvalue weighted by atomic mass is 10.1. The largest absolute Gasteiger partial charge is 0.385 e. The molecule has 0 aliphatic rings. The van der Waals surface area contributed by atoms with Gasteiger partial charge in [-0.25, -0.2) is 0 Å². The number of hydrogen-bond donors (Lipinski definition) is 1. The van der Waals surface area contributed by atoms with E-state index in [1.54, 1.807) is 0 Å². The van der Waals surface area contributed by atoms with Crippen LogP contribution >= 0.6 is 0 Å². The van der Waals surface area contributed by atoms with E-state index >= 15 is 0 Å². The van der Waals surface area contributed by atoms with Gasteiger partial charge in [0.2, 0.25) is 0 Å². The molecule has 68 valence electrons. The van der Waals surface area contributed by atoms with Crippen LogP contribution in [0.3, 0.4) is 0 Å². The first-order valence-electron chi connectivity index (χ1n) is 4.49. The summed E-state index contributed by atoms with van der Waals surface area (Å²) in [4.78, 5) is 0. The Morgan fingerprint density at radius 3 is 2.85 bits per heavy atom. The molecule has 1 rings (SSSR count). The quantitative estimate of drug-likeness (QED) is 0.737.